The van der Waals surface area contributed by atoms with Gasteiger partial charge in [-0.2, -0.15) is 0 Å². The number of carboxylic acid groups (broad SMARTS) is 2. The minimum Gasteiger partial charge on any atom is -0.493 e. The summed E-state index contributed by atoms with van der Waals surface area (Å²) in [5, 5.41) is 18.3. The highest BCUT2D eigenvalue weighted by Crippen LogP contribution is 2.41. The fourth-order valence-electron chi connectivity index (χ4n) is 4.80. The van der Waals surface area contributed by atoms with Crippen LogP contribution >= 0.6 is 11.3 Å². The first-order valence-electron chi connectivity index (χ1n) is 14.1. The SMILES string of the molecule is COc1cc2c(c(F)c1OCCCOc1c(OC)cc3sc(C(=O)CC(C)C(=O)O)cc3c1F)CN(C(=O)CC(C)C(=O)O)C2. The van der Waals surface area contributed by atoms with E-state index in [0.717, 1.165) is 11.3 Å². The fraction of sp³-hybridized carbons (Fsp3) is 0.419. The average molecular weight is 650 g/mol. The quantitative estimate of drug-likeness (QED) is 0.164. The van der Waals surface area contributed by atoms with Gasteiger partial charge < -0.3 is 34.1 Å². The van der Waals surface area contributed by atoms with E-state index >= 15 is 8.78 Å². The normalized spacial score (nSPS) is 13.7. The van der Waals surface area contributed by atoms with E-state index in [2.05, 4.69) is 0 Å². The number of amides is 1. The first-order chi connectivity index (χ1) is 21.4. The number of ketones is 1. The van der Waals surface area contributed by atoms with Gasteiger partial charge in [-0.1, -0.05) is 13.8 Å². The van der Waals surface area contributed by atoms with Crippen molar-refractivity contribution in [3.8, 4) is 23.0 Å². The highest BCUT2D eigenvalue weighted by molar-refractivity contribution is 7.20. The van der Waals surface area contributed by atoms with Crippen molar-refractivity contribution in [1.29, 1.82) is 0 Å². The van der Waals surface area contributed by atoms with Gasteiger partial charge in [0.2, 0.25) is 5.91 Å². The lowest BCUT2D eigenvalue weighted by Crippen LogP contribution is -2.28. The van der Waals surface area contributed by atoms with Gasteiger partial charge in [-0.25, -0.2) is 8.78 Å². The average Bonchev–Trinajstić information content (AvgIpc) is 3.63. The lowest BCUT2D eigenvalue weighted by molar-refractivity contribution is -0.145. The third-order valence-electron chi connectivity index (χ3n) is 7.44. The molecule has 2 aromatic carbocycles. The molecule has 4 rings (SSSR count). The molecular weight excluding hydrogens is 616 g/mol. The topological polar surface area (TPSA) is 149 Å². The van der Waals surface area contributed by atoms with Gasteiger partial charge in [0.25, 0.3) is 0 Å². The molecule has 2 heterocycles. The smallest absolute Gasteiger partial charge is 0.306 e. The second kappa shape index (κ2) is 14.1. The molecular formula is C31H33F2NO10S. The number of benzene rings is 2. The van der Waals surface area contributed by atoms with Crippen LogP contribution in [-0.4, -0.2) is 66.2 Å². The Morgan fingerprint density at radius 1 is 0.867 bits per heavy atom. The van der Waals surface area contributed by atoms with Gasteiger partial charge >= 0.3 is 11.9 Å². The van der Waals surface area contributed by atoms with Gasteiger partial charge in [-0.15, -0.1) is 11.3 Å². The Bertz CT molecular complexity index is 1640. The number of fused-ring (bicyclic) bond motifs is 2. The van der Waals surface area contributed by atoms with Crippen LogP contribution in [0.2, 0.25) is 0 Å². The van der Waals surface area contributed by atoms with Crippen molar-refractivity contribution in [2.45, 2.75) is 46.2 Å². The van der Waals surface area contributed by atoms with Gasteiger partial charge in [-0.3, -0.25) is 19.2 Å². The molecule has 1 aromatic heterocycles. The zero-order valence-electron chi connectivity index (χ0n) is 25.1. The van der Waals surface area contributed by atoms with Crippen molar-refractivity contribution in [3.05, 3.63) is 45.8 Å². The van der Waals surface area contributed by atoms with Crippen LogP contribution in [0.15, 0.2) is 18.2 Å². The molecule has 11 nitrogen and oxygen atoms in total. The molecule has 1 amide bonds. The maximum atomic E-state index is 15.5. The van der Waals surface area contributed by atoms with Crippen LogP contribution in [-0.2, 0) is 27.5 Å². The van der Waals surface area contributed by atoms with E-state index in [1.165, 1.54) is 45.1 Å². The molecule has 0 aliphatic carbocycles. The molecule has 0 saturated carbocycles. The number of methoxy groups -OCH3 is 2. The van der Waals surface area contributed by atoms with E-state index in [-0.39, 0.29) is 84.4 Å². The number of carbonyl (C=O) groups is 4. The molecule has 2 unspecified atom stereocenters. The van der Waals surface area contributed by atoms with Gasteiger partial charge in [-0.05, 0) is 17.7 Å². The summed E-state index contributed by atoms with van der Waals surface area (Å²) in [5.74, 6) is -6.29. The molecule has 2 atom stereocenters. The van der Waals surface area contributed by atoms with Gasteiger partial charge in [0.15, 0.2) is 40.4 Å². The van der Waals surface area contributed by atoms with E-state index in [9.17, 15) is 19.2 Å². The molecule has 45 heavy (non-hydrogen) atoms. The number of ether oxygens (including phenoxy) is 4. The second-order valence-electron chi connectivity index (χ2n) is 10.7. The molecule has 3 aromatic rings. The second-order valence-corrected chi connectivity index (χ2v) is 11.8. The zero-order valence-corrected chi connectivity index (χ0v) is 25.9. The largest absolute Gasteiger partial charge is 0.493 e. The summed E-state index contributed by atoms with van der Waals surface area (Å²) in [6.45, 7) is 2.86. The van der Waals surface area contributed by atoms with Crippen LogP contribution in [0.25, 0.3) is 10.1 Å². The summed E-state index contributed by atoms with van der Waals surface area (Å²) < 4.78 is 53.4. The van der Waals surface area contributed by atoms with Crippen molar-refractivity contribution in [2.75, 3.05) is 27.4 Å². The molecule has 0 radical (unpaired) electrons. The fourth-order valence-corrected chi connectivity index (χ4v) is 5.83. The molecule has 0 saturated heterocycles. The Kier molecular flexibility index (Phi) is 10.5. The summed E-state index contributed by atoms with van der Waals surface area (Å²) in [7, 11) is 2.69. The van der Waals surface area contributed by atoms with Gasteiger partial charge in [0, 0.05) is 54.1 Å². The first-order valence-corrected chi connectivity index (χ1v) is 14.9. The number of nitrogens with zero attached hydrogens (tertiary/aromatic N) is 1. The molecule has 0 bridgehead atoms. The molecule has 14 heteroatoms. The van der Waals surface area contributed by atoms with E-state index in [4.69, 9.17) is 29.2 Å². The van der Waals surface area contributed by atoms with Crippen molar-refractivity contribution < 1.29 is 57.1 Å². The van der Waals surface area contributed by atoms with E-state index in [1.54, 1.807) is 6.07 Å². The number of halogens is 2. The maximum absolute atomic E-state index is 15.5. The maximum Gasteiger partial charge on any atom is 0.306 e. The Labute approximate surface area is 261 Å². The monoisotopic (exact) mass is 649 g/mol. The van der Waals surface area contributed by atoms with Crippen LogP contribution in [0.5, 0.6) is 23.0 Å². The van der Waals surface area contributed by atoms with E-state index < -0.39 is 47.1 Å². The van der Waals surface area contributed by atoms with Gasteiger partial charge in [0.05, 0.1) is 44.1 Å². The van der Waals surface area contributed by atoms with Crippen LogP contribution in [0.4, 0.5) is 8.78 Å². The first kappa shape index (κ1) is 33.4. The molecule has 1 aliphatic heterocycles. The lowest BCUT2D eigenvalue weighted by atomic mass is 10.0. The number of rotatable bonds is 15. The van der Waals surface area contributed by atoms with Crippen LogP contribution in [0, 0.1) is 23.5 Å². The van der Waals surface area contributed by atoms with Crippen molar-refractivity contribution in [3.63, 3.8) is 0 Å². The number of carboxylic acids is 2. The van der Waals surface area contributed by atoms with Crippen molar-refractivity contribution in [2.24, 2.45) is 11.8 Å². The number of hydrogen-bond acceptors (Lipinski definition) is 9. The Hall–Kier alpha value is -4.46. The van der Waals surface area contributed by atoms with Crippen LogP contribution in [0.3, 0.4) is 0 Å². The Balaban J connectivity index is 1.40. The van der Waals surface area contributed by atoms with Gasteiger partial charge in [0.1, 0.15) is 0 Å². The number of Topliss-reactive ketones (excluding diaryl/α,β-unsaturated/α-hetero) is 1. The standard InChI is InChI=1S/C31H33F2NO10S/c1-15(30(37)38)8-20(35)24-11-18-23(45-24)12-22(42-4)29(26(18)32)44-7-5-6-43-28-21(41-3)10-17-13-34(14-19(17)27(28)33)25(36)9-16(2)31(39)40/h10-12,15-16H,5-9,13-14H2,1-4H3,(H,37,38)(H,39,40). The lowest BCUT2D eigenvalue weighted by Gasteiger charge is -2.16. The van der Waals surface area contributed by atoms with Crippen LogP contribution in [0.1, 0.15) is 53.9 Å². The molecule has 2 N–H and O–H groups in total. The summed E-state index contributed by atoms with van der Waals surface area (Å²) >= 11 is 1.03. The molecule has 0 fully saturated rings. The summed E-state index contributed by atoms with van der Waals surface area (Å²) in [4.78, 5) is 49.0. The number of thiophene rings is 1. The van der Waals surface area contributed by atoms with E-state index in [0.29, 0.717) is 10.3 Å². The number of hydrogen-bond donors (Lipinski definition) is 2. The third kappa shape index (κ3) is 7.27. The summed E-state index contributed by atoms with van der Waals surface area (Å²) in [6, 6.07) is 4.48. The molecule has 1 aliphatic rings. The summed E-state index contributed by atoms with van der Waals surface area (Å²) in [5.41, 5.74) is 0.786. The third-order valence-corrected chi connectivity index (χ3v) is 8.56. The predicted octanol–water partition coefficient (Wildman–Crippen LogP) is 5.29. The Morgan fingerprint density at radius 2 is 1.44 bits per heavy atom. The molecule has 0 spiro atoms. The molecule has 242 valence electrons. The number of aliphatic carboxylic acids is 2. The zero-order chi connectivity index (χ0) is 33.0. The summed E-state index contributed by atoms with van der Waals surface area (Å²) in [6.07, 6.45) is -0.220. The van der Waals surface area contributed by atoms with Crippen LogP contribution < -0.4 is 18.9 Å². The van der Waals surface area contributed by atoms with Crippen molar-refractivity contribution in [1.82, 2.24) is 4.90 Å². The number of carbonyl (C=O) groups excluding carboxylic acids is 2. The van der Waals surface area contributed by atoms with E-state index in [1.807, 2.05) is 0 Å². The predicted molar refractivity (Wildman–Crippen MR) is 158 cm³/mol. The minimum atomic E-state index is -1.10. The Morgan fingerprint density at radius 3 is 2.04 bits per heavy atom. The highest BCUT2D eigenvalue weighted by Gasteiger charge is 2.31. The van der Waals surface area contributed by atoms with Crippen molar-refractivity contribution >= 4 is 45.1 Å². The highest BCUT2D eigenvalue weighted by atomic mass is 32.1. The minimum absolute atomic E-state index is 0.0319.